The van der Waals surface area contributed by atoms with Crippen molar-refractivity contribution in [1.82, 2.24) is 0 Å². The van der Waals surface area contributed by atoms with Crippen LogP contribution in [0.1, 0.15) is 0 Å². The molecule has 2 N–H and O–H groups in total. The van der Waals surface area contributed by atoms with Gasteiger partial charge in [-0.15, -0.1) is 0 Å². The zero-order valence-electron chi connectivity index (χ0n) is 8.75. The zero-order chi connectivity index (χ0) is 13.7. The van der Waals surface area contributed by atoms with Gasteiger partial charge in [-0.2, -0.15) is 5.26 Å². The summed E-state index contributed by atoms with van der Waals surface area (Å²) in [7, 11) is 0. The van der Waals surface area contributed by atoms with Gasteiger partial charge in [-0.05, 0) is 22.0 Å². The maximum atomic E-state index is 10.5. The number of hydrogen-bond donors (Lipinski definition) is 2. The first-order valence-electron chi connectivity index (χ1n) is 4.49. The topological polar surface area (TPSA) is 116 Å². The summed E-state index contributed by atoms with van der Waals surface area (Å²) >= 11 is 3.10. The summed E-state index contributed by atoms with van der Waals surface area (Å²) < 4.78 is 0.385. The van der Waals surface area contributed by atoms with Gasteiger partial charge in [0, 0.05) is 22.8 Å². The molecule has 0 fully saturated rings. The van der Waals surface area contributed by atoms with E-state index in [1.54, 1.807) is 0 Å². The molecule has 0 aliphatic rings. The van der Waals surface area contributed by atoms with Crippen molar-refractivity contribution in [3.05, 3.63) is 44.6 Å². The third-order valence-electron chi connectivity index (χ3n) is 1.89. The standard InChI is InChI=1S/C10H6BrN3O4/c11-8-3-7(14(17)18)1-2-9(8)13-5-6(4-12)10(15)16/h1-3,5,13H,(H,15,16). The SMILES string of the molecule is N#CC(=CNc1ccc([N+](=O)[O-])cc1Br)C(=O)O. The molecule has 1 aromatic carbocycles. The molecule has 7 nitrogen and oxygen atoms in total. The van der Waals surface area contributed by atoms with Crippen LogP contribution in [0.5, 0.6) is 0 Å². The van der Waals surface area contributed by atoms with Gasteiger partial charge in [0.15, 0.2) is 5.57 Å². The first-order valence-corrected chi connectivity index (χ1v) is 5.29. The maximum Gasteiger partial charge on any atom is 0.347 e. The molecule has 0 atom stereocenters. The Morgan fingerprint density at radius 1 is 1.61 bits per heavy atom. The number of nitriles is 1. The zero-order valence-corrected chi connectivity index (χ0v) is 10.3. The van der Waals surface area contributed by atoms with Crippen LogP contribution in [0.2, 0.25) is 0 Å². The number of carboxylic acids is 1. The van der Waals surface area contributed by atoms with Crippen LogP contribution in [0.3, 0.4) is 0 Å². The van der Waals surface area contributed by atoms with Gasteiger partial charge < -0.3 is 10.4 Å². The van der Waals surface area contributed by atoms with E-state index < -0.39 is 16.5 Å². The molecule has 0 bridgehead atoms. The van der Waals surface area contributed by atoms with Crippen LogP contribution < -0.4 is 5.32 Å². The Morgan fingerprint density at radius 2 is 2.28 bits per heavy atom. The third kappa shape index (κ3) is 3.29. The van der Waals surface area contributed by atoms with Crippen LogP contribution in [0.25, 0.3) is 0 Å². The van der Waals surface area contributed by atoms with Gasteiger partial charge in [-0.3, -0.25) is 10.1 Å². The van der Waals surface area contributed by atoms with Crippen molar-refractivity contribution in [1.29, 1.82) is 5.26 Å². The summed E-state index contributed by atoms with van der Waals surface area (Å²) in [5.41, 5.74) is -0.162. The first-order chi connectivity index (χ1) is 8.45. The molecule has 0 spiro atoms. The minimum absolute atomic E-state index is 0.102. The monoisotopic (exact) mass is 311 g/mol. The molecule has 92 valence electrons. The van der Waals surface area contributed by atoms with Crippen LogP contribution in [0.15, 0.2) is 34.4 Å². The van der Waals surface area contributed by atoms with E-state index in [4.69, 9.17) is 10.4 Å². The molecule has 1 rings (SSSR count). The van der Waals surface area contributed by atoms with Crippen LogP contribution >= 0.6 is 15.9 Å². The number of non-ortho nitro benzene ring substituents is 1. The molecule has 1 aromatic rings. The number of carbonyl (C=O) groups is 1. The summed E-state index contributed by atoms with van der Waals surface area (Å²) in [5.74, 6) is -1.36. The summed E-state index contributed by atoms with van der Waals surface area (Å²) in [6.45, 7) is 0. The van der Waals surface area contributed by atoms with Gasteiger partial charge in [0.05, 0.1) is 10.6 Å². The number of carboxylic acid groups (broad SMARTS) is 1. The summed E-state index contributed by atoms with van der Waals surface area (Å²) in [5, 5.41) is 30.2. The van der Waals surface area contributed by atoms with E-state index in [0.717, 1.165) is 6.20 Å². The quantitative estimate of drug-likeness (QED) is 0.381. The Morgan fingerprint density at radius 3 is 2.72 bits per heavy atom. The number of aliphatic carboxylic acids is 1. The van der Waals surface area contributed by atoms with E-state index in [-0.39, 0.29) is 5.69 Å². The van der Waals surface area contributed by atoms with Gasteiger partial charge in [-0.25, -0.2) is 4.79 Å². The van der Waals surface area contributed by atoms with E-state index in [1.165, 1.54) is 24.3 Å². The largest absolute Gasteiger partial charge is 0.477 e. The lowest BCUT2D eigenvalue weighted by atomic mass is 10.2. The Kier molecular flexibility index (Phi) is 4.39. The van der Waals surface area contributed by atoms with Crippen LogP contribution in [0.4, 0.5) is 11.4 Å². The Bertz CT molecular complexity index is 577. The van der Waals surface area contributed by atoms with Gasteiger partial charge in [0.25, 0.3) is 5.69 Å². The van der Waals surface area contributed by atoms with Crippen molar-refractivity contribution in [2.45, 2.75) is 0 Å². The minimum atomic E-state index is -1.36. The Hall–Kier alpha value is -2.40. The highest BCUT2D eigenvalue weighted by Gasteiger charge is 2.09. The Balaban J connectivity index is 2.97. The van der Waals surface area contributed by atoms with E-state index in [1.807, 2.05) is 0 Å². The number of nitrogens with one attached hydrogen (secondary N) is 1. The smallest absolute Gasteiger partial charge is 0.347 e. The Labute approximate surface area is 110 Å². The molecule has 0 unspecified atom stereocenters. The van der Waals surface area contributed by atoms with E-state index in [9.17, 15) is 14.9 Å². The van der Waals surface area contributed by atoms with Crippen LogP contribution in [-0.4, -0.2) is 16.0 Å². The maximum absolute atomic E-state index is 10.5. The average Bonchev–Trinajstić information content (AvgIpc) is 2.30. The van der Waals surface area contributed by atoms with Gasteiger partial charge in [-0.1, -0.05) is 0 Å². The fourth-order valence-electron chi connectivity index (χ4n) is 1.03. The van der Waals surface area contributed by atoms with E-state index in [0.29, 0.717) is 10.2 Å². The molecular formula is C10H6BrN3O4. The highest BCUT2D eigenvalue weighted by atomic mass is 79.9. The fraction of sp³-hybridized carbons (Fsp3) is 0. The lowest BCUT2D eigenvalue weighted by molar-refractivity contribution is -0.384. The molecule has 0 saturated heterocycles. The number of nitro benzene ring substituents is 1. The fourth-order valence-corrected chi connectivity index (χ4v) is 1.51. The normalized spacial score (nSPS) is 10.6. The molecule has 0 aromatic heterocycles. The molecular weight excluding hydrogens is 306 g/mol. The number of nitrogens with zero attached hydrogens (tertiary/aromatic N) is 2. The molecule has 0 saturated carbocycles. The molecule has 0 amide bonds. The van der Waals surface area contributed by atoms with Gasteiger partial charge in [0.1, 0.15) is 6.07 Å². The second-order valence-electron chi connectivity index (χ2n) is 3.04. The minimum Gasteiger partial charge on any atom is -0.477 e. The van der Waals surface area contributed by atoms with E-state index in [2.05, 4.69) is 21.2 Å². The lowest BCUT2D eigenvalue weighted by Gasteiger charge is -2.03. The van der Waals surface area contributed by atoms with Crippen molar-refractivity contribution in [3.8, 4) is 6.07 Å². The predicted molar refractivity (Wildman–Crippen MR) is 65.8 cm³/mol. The number of halogens is 1. The second kappa shape index (κ2) is 5.79. The number of benzene rings is 1. The highest BCUT2D eigenvalue weighted by Crippen LogP contribution is 2.27. The van der Waals surface area contributed by atoms with E-state index >= 15 is 0 Å². The highest BCUT2D eigenvalue weighted by molar-refractivity contribution is 9.10. The number of nitro groups is 1. The lowest BCUT2D eigenvalue weighted by Crippen LogP contribution is -2.01. The number of anilines is 1. The van der Waals surface area contributed by atoms with Crippen LogP contribution in [0, 0.1) is 21.4 Å². The summed E-state index contributed by atoms with van der Waals surface area (Å²) in [6, 6.07) is 5.42. The molecule has 0 radical (unpaired) electrons. The molecule has 18 heavy (non-hydrogen) atoms. The molecule has 0 heterocycles. The molecule has 0 aliphatic carbocycles. The van der Waals surface area contributed by atoms with Crippen LogP contribution in [-0.2, 0) is 4.79 Å². The summed E-state index contributed by atoms with van der Waals surface area (Å²) in [6.07, 6.45) is 1.01. The summed E-state index contributed by atoms with van der Waals surface area (Å²) in [4.78, 5) is 20.5. The van der Waals surface area contributed by atoms with Crippen molar-refractivity contribution >= 4 is 33.3 Å². The second-order valence-corrected chi connectivity index (χ2v) is 3.89. The van der Waals surface area contributed by atoms with Crippen molar-refractivity contribution in [2.75, 3.05) is 5.32 Å². The van der Waals surface area contributed by atoms with Crippen molar-refractivity contribution < 1.29 is 14.8 Å². The number of hydrogen-bond acceptors (Lipinski definition) is 5. The van der Waals surface area contributed by atoms with Crippen molar-refractivity contribution in [2.24, 2.45) is 0 Å². The first kappa shape index (κ1) is 13.7. The third-order valence-corrected chi connectivity index (χ3v) is 2.54. The predicted octanol–water partition coefficient (Wildman–Crippen LogP) is 2.26. The molecule has 0 aliphatic heterocycles. The van der Waals surface area contributed by atoms with Gasteiger partial charge in [0.2, 0.25) is 0 Å². The number of rotatable bonds is 4. The molecule has 8 heteroatoms. The van der Waals surface area contributed by atoms with Crippen molar-refractivity contribution in [3.63, 3.8) is 0 Å². The average molecular weight is 312 g/mol. The van der Waals surface area contributed by atoms with Gasteiger partial charge >= 0.3 is 5.97 Å².